The molecule has 3 N–H and O–H groups in total. The van der Waals surface area contributed by atoms with Crippen LogP contribution in [0.4, 0.5) is 0 Å². The molecule has 0 aromatic rings. The molecule has 0 spiro atoms. The lowest BCUT2D eigenvalue weighted by atomic mass is 9.98. The minimum absolute atomic E-state index is 0.264. The summed E-state index contributed by atoms with van der Waals surface area (Å²) >= 11 is 0. The summed E-state index contributed by atoms with van der Waals surface area (Å²) in [5.74, 6) is -0.745. The van der Waals surface area contributed by atoms with Gasteiger partial charge < -0.3 is 9.94 Å². The Labute approximate surface area is 88.9 Å². The van der Waals surface area contributed by atoms with E-state index in [4.69, 9.17) is 10.2 Å². The second kappa shape index (κ2) is 4.88. The molecule has 0 saturated heterocycles. The van der Waals surface area contributed by atoms with Gasteiger partial charge in [-0.05, 0) is 25.2 Å². The summed E-state index contributed by atoms with van der Waals surface area (Å²) in [4.78, 5) is 15.9. The van der Waals surface area contributed by atoms with Crippen molar-refractivity contribution in [2.45, 2.75) is 20.8 Å². The minimum Gasteiger partial charge on any atom is -0.395 e. The molecule has 0 heterocycles. The first-order chi connectivity index (χ1) is 6.59. The zero-order chi connectivity index (χ0) is 12.3. The third-order valence-electron chi connectivity index (χ3n) is 1.36. The van der Waals surface area contributed by atoms with Crippen molar-refractivity contribution in [3.63, 3.8) is 0 Å². The number of nitrogens with two attached hydrogens (primary N) is 1. The van der Waals surface area contributed by atoms with Gasteiger partial charge in [0, 0.05) is 0 Å². The Morgan fingerprint density at radius 1 is 1.47 bits per heavy atom. The summed E-state index contributed by atoms with van der Waals surface area (Å²) < 4.78 is 22.1. The quantitative estimate of drug-likeness (QED) is 0.612. The second-order valence-electron chi connectivity index (χ2n) is 3.92. The van der Waals surface area contributed by atoms with Crippen LogP contribution in [0.2, 0.25) is 0 Å². The van der Waals surface area contributed by atoms with Crippen LogP contribution in [-0.2, 0) is 19.8 Å². The average molecular weight is 240 g/mol. The summed E-state index contributed by atoms with van der Waals surface area (Å²) in [6.45, 7) is 3.81. The number of aliphatic hydroxyl groups excluding tert-OH is 1. The molecule has 90 valence electrons. The van der Waals surface area contributed by atoms with E-state index in [1.165, 1.54) is 0 Å². The smallest absolute Gasteiger partial charge is 0.331 e. The van der Waals surface area contributed by atoms with Crippen molar-refractivity contribution in [3.05, 3.63) is 0 Å². The molecule has 0 radical (unpaired) electrons. The largest absolute Gasteiger partial charge is 0.395 e. The maximum Gasteiger partial charge on any atom is 0.331 e. The van der Waals surface area contributed by atoms with Gasteiger partial charge in [-0.1, -0.05) is 0 Å². The number of carbonyl (C=O) groups is 1. The van der Waals surface area contributed by atoms with E-state index in [9.17, 15) is 13.2 Å². The molecular formula is C7H16N2O5S. The van der Waals surface area contributed by atoms with Gasteiger partial charge in [0.2, 0.25) is 0 Å². The summed E-state index contributed by atoms with van der Waals surface area (Å²) in [7, 11) is -4.15. The van der Waals surface area contributed by atoms with Crippen molar-refractivity contribution >= 4 is 16.2 Å². The summed E-state index contributed by atoms with van der Waals surface area (Å²) in [6.07, 6.45) is 0. The van der Waals surface area contributed by atoms with Gasteiger partial charge in [0.25, 0.3) is 0 Å². The van der Waals surface area contributed by atoms with E-state index in [2.05, 4.69) is 4.84 Å². The van der Waals surface area contributed by atoms with Crippen LogP contribution in [0, 0.1) is 5.41 Å². The first-order valence-corrected chi connectivity index (χ1v) is 5.73. The third-order valence-corrected chi connectivity index (χ3v) is 2.19. The lowest BCUT2D eigenvalue weighted by Crippen LogP contribution is -2.42. The maximum absolute atomic E-state index is 11.3. The number of hydrogen-bond acceptors (Lipinski definition) is 5. The molecule has 0 unspecified atom stereocenters. The summed E-state index contributed by atoms with van der Waals surface area (Å²) in [6, 6.07) is 0. The molecule has 0 aliphatic heterocycles. The van der Waals surface area contributed by atoms with E-state index in [0.29, 0.717) is 0 Å². The molecule has 0 bridgehead atoms. The van der Waals surface area contributed by atoms with Crippen LogP contribution in [-0.4, -0.2) is 37.1 Å². The van der Waals surface area contributed by atoms with Crippen LogP contribution in [0.3, 0.4) is 0 Å². The van der Waals surface area contributed by atoms with Gasteiger partial charge in [0.05, 0.1) is 18.6 Å². The standard InChI is InChI=1S/C7H16N2O5S/c1-7(2,3)6(11)14-9(4-5-10)15(8,12)13/h10H,4-5H2,1-3H3,(H2,8,12,13). The fourth-order valence-corrected chi connectivity index (χ4v) is 1.04. The van der Waals surface area contributed by atoms with Gasteiger partial charge in [-0.25, -0.2) is 9.93 Å². The van der Waals surface area contributed by atoms with Gasteiger partial charge in [-0.15, -0.1) is 0 Å². The Kier molecular flexibility index (Phi) is 4.65. The molecule has 0 aromatic carbocycles. The van der Waals surface area contributed by atoms with E-state index >= 15 is 0 Å². The molecule has 0 rings (SSSR count). The van der Waals surface area contributed by atoms with E-state index < -0.39 is 28.2 Å². The van der Waals surface area contributed by atoms with Crippen LogP contribution in [0.5, 0.6) is 0 Å². The average Bonchev–Trinajstić information content (AvgIpc) is 1.99. The summed E-state index contributed by atoms with van der Waals surface area (Å²) in [5, 5.41) is 13.3. The van der Waals surface area contributed by atoms with E-state index in [1.807, 2.05) is 0 Å². The van der Waals surface area contributed by atoms with E-state index in [1.54, 1.807) is 20.8 Å². The highest BCUT2D eigenvalue weighted by Gasteiger charge is 2.29. The number of carbonyl (C=O) groups excluding carboxylic acids is 1. The number of hydroxylamine groups is 1. The molecule has 0 aromatic heterocycles. The molecule has 15 heavy (non-hydrogen) atoms. The van der Waals surface area contributed by atoms with E-state index in [-0.39, 0.29) is 11.0 Å². The zero-order valence-corrected chi connectivity index (χ0v) is 9.74. The van der Waals surface area contributed by atoms with Crippen LogP contribution >= 0.6 is 0 Å². The highest BCUT2D eigenvalue weighted by atomic mass is 32.2. The molecule has 0 aliphatic rings. The Morgan fingerprint density at radius 3 is 2.20 bits per heavy atom. The van der Waals surface area contributed by atoms with Gasteiger partial charge >= 0.3 is 16.2 Å². The number of hydrogen-bond donors (Lipinski definition) is 2. The van der Waals surface area contributed by atoms with Crippen molar-refractivity contribution in [2.24, 2.45) is 10.6 Å². The first kappa shape index (κ1) is 14.3. The van der Waals surface area contributed by atoms with Gasteiger partial charge in [0.1, 0.15) is 0 Å². The molecule has 0 amide bonds. The van der Waals surface area contributed by atoms with Gasteiger partial charge in [-0.2, -0.15) is 8.42 Å². The highest BCUT2D eigenvalue weighted by Crippen LogP contribution is 2.16. The number of rotatable bonds is 4. The molecule has 7 nitrogen and oxygen atoms in total. The third kappa shape index (κ3) is 5.07. The van der Waals surface area contributed by atoms with Gasteiger partial charge in [0.15, 0.2) is 0 Å². The second-order valence-corrected chi connectivity index (χ2v) is 5.36. The molecule has 0 fully saturated rings. The lowest BCUT2D eigenvalue weighted by molar-refractivity contribution is -0.180. The molecule has 0 atom stereocenters. The topological polar surface area (TPSA) is 110 Å². The van der Waals surface area contributed by atoms with Crippen LogP contribution in [0.25, 0.3) is 0 Å². The predicted molar refractivity (Wildman–Crippen MR) is 52.4 cm³/mol. The summed E-state index contributed by atoms with van der Waals surface area (Å²) in [5.41, 5.74) is -0.849. The van der Waals surface area contributed by atoms with Gasteiger partial charge in [-0.3, -0.25) is 0 Å². The van der Waals surface area contributed by atoms with Crippen molar-refractivity contribution in [1.82, 2.24) is 4.47 Å². The molecular weight excluding hydrogens is 224 g/mol. The SMILES string of the molecule is CC(C)(C)C(=O)ON(CCO)S(N)(=O)=O. The van der Waals surface area contributed by atoms with Crippen molar-refractivity contribution in [3.8, 4) is 0 Å². The Bertz CT molecular complexity index is 319. The predicted octanol–water partition coefficient (Wildman–Crippen LogP) is -1.01. The Morgan fingerprint density at radius 2 is 1.93 bits per heavy atom. The number of nitrogens with zero attached hydrogens (tertiary/aromatic N) is 1. The lowest BCUT2D eigenvalue weighted by Gasteiger charge is -2.22. The fraction of sp³-hybridized carbons (Fsp3) is 0.857. The minimum atomic E-state index is -4.15. The molecule has 0 aliphatic carbocycles. The molecule has 0 saturated carbocycles. The van der Waals surface area contributed by atoms with Crippen molar-refractivity contribution in [2.75, 3.05) is 13.2 Å². The zero-order valence-electron chi connectivity index (χ0n) is 8.93. The fourth-order valence-electron chi connectivity index (χ4n) is 0.536. The Hall–Kier alpha value is -0.700. The highest BCUT2D eigenvalue weighted by molar-refractivity contribution is 7.86. The van der Waals surface area contributed by atoms with Crippen molar-refractivity contribution in [1.29, 1.82) is 0 Å². The molecule has 8 heteroatoms. The van der Waals surface area contributed by atoms with Crippen LogP contribution < -0.4 is 5.14 Å². The van der Waals surface area contributed by atoms with Crippen LogP contribution in [0.1, 0.15) is 20.8 Å². The van der Waals surface area contributed by atoms with E-state index in [0.717, 1.165) is 0 Å². The monoisotopic (exact) mass is 240 g/mol. The Balaban J connectivity index is 4.65. The normalized spacial score (nSPS) is 12.9. The maximum atomic E-state index is 11.3. The first-order valence-electron chi connectivity index (χ1n) is 4.22. The van der Waals surface area contributed by atoms with Crippen LogP contribution in [0.15, 0.2) is 0 Å². The van der Waals surface area contributed by atoms with Crippen molar-refractivity contribution < 1.29 is 23.2 Å². The number of aliphatic hydroxyl groups is 1.